The molecule has 0 spiro atoms. The van der Waals surface area contributed by atoms with Gasteiger partial charge in [-0.25, -0.2) is 10.1 Å². The summed E-state index contributed by atoms with van der Waals surface area (Å²) in [6.07, 6.45) is 3.57. The van der Waals surface area contributed by atoms with Gasteiger partial charge in [-0.05, 0) is 29.0 Å². The molecule has 0 amide bonds. The lowest BCUT2D eigenvalue weighted by Crippen LogP contribution is -2.29. The Labute approximate surface area is 138 Å². The van der Waals surface area contributed by atoms with Crippen LogP contribution < -0.4 is 4.52 Å². The summed E-state index contributed by atoms with van der Waals surface area (Å²) in [5.41, 5.74) is 4.11. The smallest absolute Gasteiger partial charge is 0.234 e. The van der Waals surface area contributed by atoms with Crippen molar-refractivity contribution in [1.82, 2.24) is 9.77 Å². The topological polar surface area (TPSA) is 65.1 Å². The van der Waals surface area contributed by atoms with Gasteiger partial charge >= 0.3 is 0 Å². The molecule has 0 atom stereocenters. The molecule has 0 saturated carbocycles. The fourth-order valence-corrected chi connectivity index (χ4v) is 3.44. The summed E-state index contributed by atoms with van der Waals surface area (Å²) < 4.78 is 2.92. The Balaban J connectivity index is 2.27. The van der Waals surface area contributed by atoms with Gasteiger partial charge in [-0.3, -0.25) is 0 Å². The SMILES string of the molecule is CCc1cc2c3c(cc[n+]2nc1CC)c1ccccc1n3[N+](=O)[O-]. The van der Waals surface area contributed by atoms with E-state index in [1.807, 2.05) is 36.5 Å². The quantitative estimate of drug-likeness (QED) is 0.331. The molecular formula is C18H17N4O2+. The van der Waals surface area contributed by atoms with E-state index in [4.69, 9.17) is 0 Å². The van der Waals surface area contributed by atoms with Crippen LogP contribution in [0.15, 0.2) is 42.6 Å². The molecule has 0 saturated heterocycles. The molecule has 0 aliphatic carbocycles. The first-order valence-corrected chi connectivity index (χ1v) is 8.07. The van der Waals surface area contributed by atoms with Crippen LogP contribution in [0.3, 0.4) is 0 Å². The van der Waals surface area contributed by atoms with Gasteiger partial charge in [-0.2, -0.15) is 0 Å². The average Bonchev–Trinajstić information content (AvgIpc) is 2.95. The number of fused-ring (bicyclic) bond motifs is 5. The lowest BCUT2D eigenvalue weighted by molar-refractivity contribution is -0.582. The number of aryl methyl sites for hydroxylation is 2. The molecule has 0 aliphatic heterocycles. The Morgan fingerprint density at radius 2 is 1.96 bits per heavy atom. The number of hydrogen-bond acceptors (Lipinski definition) is 3. The Bertz CT molecular complexity index is 1110. The number of rotatable bonds is 3. The summed E-state index contributed by atoms with van der Waals surface area (Å²) in [5, 5.41) is 17.8. The molecule has 3 heterocycles. The van der Waals surface area contributed by atoms with Gasteiger partial charge < -0.3 is 0 Å². The highest BCUT2D eigenvalue weighted by Crippen LogP contribution is 2.30. The highest BCUT2D eigenvalue weighted by Gasteiger charge is 2.25. The molecule has 0 fully saturated rings. The van der Waals surface area contributed by atoms with E-state index < -0.39 is 0 Å². The summed E-state index contributed by atoms with van der Waals surface area (Å²) in [4.78, 5) is 11.8. The fraction of sp³-hybridized carbons (Fsp3) is 0.222. The van der Waals surface area contributed by atoms with Gasteiger partial charge in [0.15, 0.2) is 10.5 Å². The molecule has 0 unspecified atom stereocenters. The normalized spacial score (nSPS) is 11.6. The maximum atomic E-state index is 11.8. The van der Waals surface area contributed by atoms with Gasteiger partial charge in [0.25, 0.3) is 5.52 Å². The van der Waals surface area contributed by atoms with Crippen LogP contribution in [0, 0.1) is 10.1 Å². The number of para-hydroxylation sites is 1. The van der Waals surface area contributed by atoms with E-state index in [0.29, 0.717) is 11.0 Å². The predicted molar refractivity (Wildman–Crippen MR) is 91.5 cm³/mol. The Morgan fingerprint density at radius 1 is 1.17 bits per heavy atom. The standard InChI is InChI=1S/C18H17N4O2/c1-3-12-11-17-18-14(9-10-20(17)19-15(12)4-2)13-7-5-6-8-16(13)21(18)22(23)24/h5-11H,3-4H2,1-2H3/q+1. The zero-order chi connectivity index (χ0) is 16.8. The summed E-state index contributed by atoms with van der Waals surface area (Å²) in [7, 11) is 0. The molecule has 4 rings (SSSR count). The molecule has 0 aliphatic rings. The van der Waals surface area contributed by atoms with Crippen LogP contribution in [0.2, 0.25) is 0 Å². The Hall–Kier alpha value is -3.02. The third-order valence-electron chi connectivity index (χ3n) is 4.55. The molecule has 0 bridgehead atoms. The fourth-order valence-electron chi connectivity index (χ4n) is 3.44. The van der Waals surface area contributed by atoms with Crippen molar-refractivity contribution in [3.05, 3.63) is 64.0 Å². The van der Waals surface area contributed by atoms with Gasteiger partial charge in [-0.1, -0.05) is 36.7 Å². The van der Waals surface area contributed by atoms with E-state index in [1.54, 1.807) is 10.6 Å². The number of benzene rings is 1. The molecule has 6 nitrogen and oxygen atoms in total. The van der Waals surface area contributed by atoms with Crippen LogP contribution in [0.1, 0.15) is 25.1 Å². The van der Waals surface area contributed by atoms with Crippen molar-refractivity contribution in [1.29, 1.82) is 0 Å². The molecule has 0 radical (unpaired) electrons. The average molecular weight is 321 g/mol. The maximum absolute atomic E-state index is 11.8. The molecular weight excluding hydrogens is 304 g/mol. The third-order valence-corrected chi connectivity index (χ3v) is 4.55. The zero-order valence-corrected chi connectivity index (χ0v) is 13.6. The van der Waals surface area contributed by atoms with Crippen molar-refractivity contribution in [3.8, 4) is 0 Å². The predicted octanol–water partition coefficient (Wildman–Crippen LogP) is 3.09. The minimum atomic E-state index is -0.357. The second-order valence-corrected chi connectivity index (χ2v) is 5.80. The lowest BCUT2D eigenvalue weighted by Gasteiger charge is -2.02. The monoisotopic (exact) mass is 321 g/mol. The Kier molecular flexibility index (Phi) is 3.19. The largest absolute Gasteiger partial charge is 0.268 e. The summed E-state index contributed by atoms with van der Waals surface area (Å²) in [5.74, 6) is 0. The maximum Gasteiger partial charge on any atom is 0.268 e. The van der Waals surface area contributed by atoms with E-state index in [1.165, 1.54) is 4.68 Å². The number of nitrogens with zero attached hydrogens (tertiary/aromatic N) is 4. The number of pyridine rings is 1. The van der Waals surface area contributed by atoms with Crippen molar-refractivity contribution >= 4 is 27.3 Å². The summed E-state index contributed by atoms with van der Waals surface area (Å²) >= 11 is 0. The summed E-state index contributed by atoms with van der Waals surface area (Å²) in [6, 6.07) is 11.4. The van der Waals surface area contributed by atoms with Gasteiger partial charge in [0.1, 0.15) is 11.2 Å². The lowest BCUT2D eigenvalue weighted by atomic mass is 10.1. The van der Waals surface area contributed by atoms with Crippen molar-refractivity contribution in [2.24, 2.45) is 0 Å². The zero-order valence-electron chi connectivity index (χ0n) is 13.6. The minimum absolute atomic E-state index is 0.357. The molecule has 3 aromatic heterocycles. The van der Waals surface area contributed by atoms with E-state index in [9.17, 15) is 10.1 Å². The second-order valence-electron chi connectivity index (χ2n) is 5.80. The minimum Gasteiger partial charge on any atom is -0.234 e. The number of aromatic nitrogens is 3. The van der Waals surface area contributed by atoms with Gasteiger partial charge in [0, 0.05) is 28.0 Å². The second kappa shape index (κ2) is 5.26. The van der Waals surface area contributed by atoms with Gasteiger partial charge in [-0.15, -0.1) is 0 Å². The molecule has 24 heavy (non-hydrogen) atoms. The molecule has 120 valence electrons. The highest BCUT2D eigenvalue weighted by molar-refractivity contribution is 6.11. The van der Waals surface area contributed by atoms with E-state index in [0.717, 1.165) is 40.4 Å². The van der Waals surface area contributed by atoms with Crippen LogP contribution in [0.25, 0.3) is 27.3 Å². The van der Waals surface area contributed by atoms with Crippen molar-refractivity contribution < 1.29 is 9.55 Å². The summed E-state index contributed by atoms with van der Waals surface area (Å²) in [6.45, 7) is 4.15. The van der Waals surface area contributed by atoms with Crippen molar-refractivity contribution in [2.45, 2.75) is 26.7 Å². The molecule has 4 aromatic rings. The first kappa shape index (κ1) is 14.6. The van der Waals surface area contributed by atoms with Crippen LogP contribution in [0.5, 0.6) is 0 Å². The Morgan fingerprint density at radius 3 is 2.67 bits per heavy atom. The highest BCUT2D eigenvalue weighted by atomic mass is 16.7. The third kappa shape index (κ3) is 1.89. The van der Waals surface area contributed by atoms with Crippen LogP contribution in [-0.4, -0.2) is 14.8 Å². The van der Waals surface area contributed by atoms with Crippen LogP contribution in [-0.2, 0) is 12.8 Å². The van der Waals surface area contributed by atoms with Gasteiger partial charge in [0.2, 0.25) is 6.20 Å². The van der Waals surface area contributed by atoms with E-state index >= 15 is 0 Å². The van der Waals surface area contributed by atoms with Crippen LogP contribution >= 0.6 is 0 Å². The molecule has 6 heteroatoms. The van der Waals surface area contributed by atoms with Gasteiger partial charge in [0.05, 0.1) is 0 Å². The first-order valence-electron chi connectivity index (χ1n) is 8.07. The van der Waals surface area contributed by atoms with E-state index in [-0.39, 0.29) is 5.03 Å². The number of hydrogen-bond donors (Lipinski definition) is 0. The van der Waals surface area contributed by atoms with E-state index in [2.05, 4.69) is 18.9 Å². The molecule has 0 N–H and O–H groups in total. The first-order chi connectivity index (χ1) is 11.7. The molecule has 1 aromatic carbocycles. The van der Waals surface area contributed by atoms with Crippen LogP contribution in [0.4, 0.5) is 0 Å². The van der Waals surface area contributed by atoms with Crippen molar-refractivity contribution in [3.63, 3.8) is 0 Å². The number of nitro groups is 1. The van der Waals surface area contributed by atoms with Crippen molar-refractivity contribution in [2.75, 3.05) is 0 Å².